The number of hydrogen-bond donors (Lipinski definition) is 0. The molecule has 1 nitrogen and oxygen atoms in total. The summed E-state index contributed by atoms with van der Waals surface area (Å²) in [6.07, 6.45) is 7.07. The predicted molar refractivity (Wildman–Crippen MR) is 180 cm³/mol. The first-order valence-corrected chi connectivity index (χ1v) is 19.5. The maximum absolute atomic E-state index is 5.01. The molecule has 0 saturated carbocycles. The number of thiophene rings is 1. The average Bonchev–Trinajstić information content (AvgIpc) is 3.29. The van der Waals surface area contributed by atoms with Crippen molar-refractivity contribution in [2.75, 3.05) is 0 Å². The van der Waals surface area contributed by atoms with Crippen LogP contribution in [0.3, 0.4) is 0 Å². The van der Waals surface area contributed by atoms with E-state index in [0.717, 1.165) is 24.5 Å². The molecule has 3 heterocycles. The van der Waals surface area contributed by atoms with E-state index in [1.54, 1.807) is 5.56 Å². The van der Waals surface area contributed by atoms with Gasteiger partial charge in [0, 0.05) is 24.7 Å². The number of rotatable bonds is 6. The fourth-order valence-corrected chi connectivity index (χ4v) is 11.0. The van der Waals surface area contributed by atoms with Gasteiger partial charge in [0.25, 0.3) is 0 Å². The van der Waals surface area contributed by atoms with Crippen LogP contribution in [0.1, 0.15) is 73.6 Å². The molecule has 3 aromatic carbocycles. The summed E-state index contributed by atoms with van der Waals surface area (Å²) in [5.74, 6) is 1.30. The number of hydrogen-bond acceptors (Lipinski definition) is 2. The maximum atomic E-state index is 5.01. The molecule has 3 heteroatoms. The van der Waals surface area contributed by atoms with E-state index in [1.807, 2.05) is 17.5 Å². The SMILES string of the molecule is CCC(CC)c1cc(-c2nccc3c(C)c(-c4ccc(C5CC[Si](C)(C)CC5)cc4C)sc23)cc2ccccc12. The van der Waals surface area contributed by atoms with Crippen LogP contribution in [0, 0.1) is 13.8 Å². The molecule has 0 spiro atoms. The van der Waals surface area contributed by atoms with Crippen LogP contribution >= 0.6 is 11.3 Å². The molecule has 0 amide bonds. The van der Waals surface area contributed by atoms with Crippen molar-refractivity contribution in [3.63, 3.8) is 0 Å². The second-order valence-electron chi connectivity index (χ2n) is 12.9. The summed E-state index contributed by atoms with van der Waals surface area (Å²) in [6.45, 7) is 14.4. The Bertz CT molecular complexity index is 1680. The van der Waals surface area contributed by atoms with Crippen LogP contribution in [0.2, 0.25) is 25.2 Å². The second kappa shape index (κ2) is 10.9. The number of benzene rings is 3. The van der Waals surface area contributed by atoms with Gasteiger partial charge in [-0.15, -0.1) is 11.3 Å². The summed E-state index contributed by atoms with van der Waals surface area (Å²) in [5.41, 5.74) is 9.56. The number of pyridine rings is 1. The third-order valence-electron chi connectivity index (χ3n) is 9.75. The Kier molecular flexibility index (Phi) is 7.48. The molecule has 5 aromatic rings. The Labute approximate surface area is 245 Å². The number of nitrogens with zero attached hydrogens (tertiary/aromatic N) is 1. The number of aromatic nitrogens is 1. The van der Waals surface area contributed by atoms with Crippen molar-refractivity contribution < 1.29 is 0 Å². The zero-order valence-corrected chi connectivity index (χ0v) is 26.9. The van der Waals surface area contributed by atoms with Crippen LogP contribution in [0.25, 0.3) is 42.6 Å². The summed E-state index contributed by atoms with van der Waals surface area (Å²) in [5, 5.41) is 4.04. The standard InChI is InChI=1S/C37H43NSSi/c1-7-26(8-2)34-23-30(22-29-11-9-10-12-33(29)34)35-37-32(15-18-38-35)25(4)36(39-37)31-14-13-28(21-24(31)3)27-16-19-40(5,6)20-17-27/h9-15,18,21-23,26-27H,7-8,16-17,19-20H2,1-6H3. The average molecular weight is 562 g/mol. The minimum atomic E-state index is -0.937. The van der Waals surface area contributed by atoms with Gasteiger partial charge in [-0.1, -0.05) is 81.5 Å². The summed E-state index contributed by atoms with van der Waals surface area (Å²) in [6, 6.07) is 26.2. The van der Waals surface area contributed by atoms with Gasteiger partial charge >= 0.3 is 0 Å². The van der Waals surface area contributed by atoms with E-state index in [9.17, 15) is 0 Å². The predicted octanol–water partition coefficient (Wildman–Crippen LogP) is 11.9. The monoisotopic (exact) mass is 561 g/mol. The van der Waals surface area contributed by atoms with Crippen LogP contribution in [0.15, 0.2) is 66.9 Å². The zero-order chi connectivity index (χ0) is 28.0. The van der Waals surface area contributed by atoms with E-state index >= 15 is 0 Å². The van der Waals surface area contributed by atoms with Crippen molar-refractivity contribution in [2.45, 2.75) is 90.4 Å². The summed E-state index contributed by atoms with van der Waals surface area (Å²) < 4.78 is 1.31. The third kappa shape index (κ3) is 4.97. The van der Waals surface area contributed by atoms with Crippen molar-refractivity contribution in [1.29, 1.82) is 0 Å². The molecule has 0 bridgehead atoms. The van der Waals surface area contributed by atoms with Gasteiger partial charge in [-0.05, 0) is 114 Å². The van der Waals surface area contributed by atoms with Crippen LogP contribution in [0.5, 0.6) is 0 Å². The topological polar surface area (TPSA) is 12.9 Å². The van der Waals surface area contributed by atoms with E-state index < -0.39 is 8.07 Å². The Hall–Kier alpha value is -2.75. The molecule has 0 radical (unpaired) electrons. The van der Waals surface area contributed by atoms with Crippen LogP contribution in [-0.2, 0) is 0 Å². The van der Waals surface area contributed by atoms with Crippen LogP contribution in [-0.4, -0.2) is 13.1 Å². The molecular weight excluding hydrogens is 519 g/mol. The van der Waals surface area contributed by atoms with Gasteiger partial charge in [0.1, 0.15) is 0 Å². The lowest BCUT2D eigenvalue weighted by Crippen LogP contribution is -2.30. The third-order valence-corrected chi connectivity index (χ3v) is 14.4. The quantitative estimate of drug-likeness (QED) is 0.188. The maximum Gasteiger partial charge on any atom is 0.0880 e. The van der Waals surface area contributed by atoms with E-state index in [4.69, 9.17) is 4.98 Å². The highest BCUT2D eigenvalue weighted by Gasteiger charge is 2.29. The van der Waals surface area contributed by atoms with Crippen molar-refractivity contribution in [3.05, 3.63) is 89.1 Å². The Balaban J connectivity index is 1.43. The van der Waals surface area contributed by atoms with Crippen molar-refractivity contribution in [3.8, 4) is 21.7 Å². The summed E-state index contributed by atoms with van der Waals surface area (Å²) in [4.78, 5) is 6.40. The fraction of sp³-hybridized carbons (Fsp3) is 0.378. The molecular formula is C37H43NSSi. The highest BCUT2D eigenvalue weighted by Crippen LogP contribution is 2.45. The van der Waals surface area contributed by atoms with Gasteiger partial charge in [0.2, 0.25) is 0 Å². The molecule has 1 aliphatic rings. The molecule has 0 unspecified atom stereocenters. The summed E-state index contributed by atoms with van der Waals surface area (Å²) >= 11 is 1.93. The van der Waals surface area contributed by atoms with Gasteiger partial charge in [0.15, 0.2) is 0 Å². The highest BCUT2D eigenvalue weighted by atomic mass is 32.1. The van der Waals surface area contributed by atoms with E-state index in [0.29, 0.717) is 5.92 Å². The molecule has 0 N–H and O–H groups in total. The fourth-order valence-electron chi connectivity index (χ4n) is 7.08. The van der Waals surface area contributed by atoms with E-state index in [2.05, 4.69) is 101 Å². The molecule has 1 aliphatic heterocycles. The Morgan fingerprint density at radius 1 is 0.900 bits per heavy atom. The smallest absolute Gasteiger partial charge is 0.0880 e. The Morgan fingerprint density at radius 2 is 1.65 bits per heavy atom. The van der Waals surface area contributed by atoms with Crippen molar-refractivity contribution in [2.24, 2.45) is 0 Å². The lowest BCUT2D eigenvalue weighted by molar-refractivity contribution is 0.602. The highest BCUT2D eigenvalue weighted by molar-refractivity contribution is 7.23. The Morgan fingerprint density at radius 3 is 2.38 bits per heavy atom. The molecule has 40 heavy (non-hydrogen) atoms. The molecule has 2 aromatic heterocycles. The van der Waals surface area contributed by atoms with Gasteiger partial charge in [-0.3, -0.25) is 4.98 Å². The first-order valence-electron chi connectivity index (χ1n) is 15.3. The van der Waals surface area contributed by atoms with Crippen molar-refractivity contribution in [1.82, 2.24) is 4.98 Å². The molecule has 0 atom stereocenters. The van der Waals surface area contributed by atoms with Crippen LogP contribution < -0.4 is 0 Å². The van der Waals surface area contributed by atoms with E-state index in [1.165, 1.54) is 78.5 Å². The first kappa shape index (κ1) is 27.4. The molecule has 0 aliphatic carbocycles. The minimum absolute atomic E-state index is 0.559. The van der Waals surface area contributed by atoms with Gasteiger partial charge in [-0.2, -0.15) is 0 Å². The molecule has 206 valence electrons. The second-order valence-corrected chi connectivity index (χ2v) is 19.3. The first-order chi connectivity index (χ1) is 19.3. The van der Waals surface area contributed by atoms with Crippen molar-refractivity contribution >= 4 is 40.3 Å². The van der Waals surface area contributed by atoms with Gasteiger partial charge < -0.3 is 0 Å². The minimum Gasteiger partial charge on any atom is -0.255 e. The molecule has 1 fully saturated rings. The molecule has 1 saturated heterocycles. The van der Waals surface area contributed by atoms with Gasteiger partial charge in [0.05, 0.1) is 10.4 Å². The zero-order valence-electron chi connectivity index (χ0n) is 25.1. The molecule has 6 rings (SSSR count). The van der Waals surface area contributed by atoms with Crippen LogP contribution in [0.4, 0.5) is 0 Å². The lowest BCUT2D eigenvalue weighted by Gasteiger charge is -2.33. The number of aryl methyl sites for hydroxylation is 2. The summed E-state index contributed by atoms with van der Waals surface area (Å²) in [7, 11) is -0.937. The van der Waals surface area contributed by atoms with E-state index in [-0.39, 0.29) is 0 Å². The van der Waals surface area contributed by atoms with Gasteiger partial charge in [-0.25, -0.2) is 0 Å². The lowest BCUT2D eigenvalue weighted by atomic mass is 9.87. The number of fused-ring (bicyclic) bond motifs is 2. The largest absolute Gasteiger partial charge is 0.255 e. The normalized spacial score (nSPS) is 15.9.